The SMILES string of the molecule is Cc1ccc(NS(=O)(=O)c2ccc(N3CCCS3(=O)=O)cc2)cc1-c1ccc2cnccc2n1.Cc1ccc(NS(=O)(=O)c2ccc(N3CCCS3(=O)=O)cc2C)cc1-c1ccc2ccccc2n1.Cc1ccc(NS(=O)(=O)c2ccc(N3CCCS3(=O)=O)cc2C)cc1-c1ncc2ccccc2n1.Cc1ccc(NS(=O)(=O)c2ccc(N3CCCS3(=O)=O)cc2Cl)cc1-c1nccc2ccccc12. The molecule has 0 amide bonds. The predicted octanol–water partition coefficient (Wildman–Crippen LogP) is 18.3. The lowest BCUT2D eigenvalue weighted by molar-refractivity contribution is 0.597. The molecule has 0 atom stereocenters. The summed E-state index contributed by atoms with van der Waals surface area (Å²) in [6.45, 7) is 12.6. The first-order valence-electron chi connectivity index (χ1n) is 44.0. The fourth-order valence-corrected chi connectivity index (χ4v) is 28.4. The second-order valence-corrected chi connectivity index (χ2v) is 48.9. The Labute approximate surface area is 812 Å². The normalized spacial score (nSPS) is 15.4. The van der Waals surface area contributed by atoms with Gasteiger partial charge in [-0.1, -0.05) is 103 Å². The maximum Gasteiger partial charge on any atom is 0.263 e. The standard InChI is InChI=1S/C26H25N3O4S2.C25H22ClN3O4S2.C25H24N4O4S2.C24H22N4O4S2/c1-18-8-10-21(17-23(18)25-12-9-20-6-3-4-7-24(20)27-25)28-35(32,33)26-13-11-22(16-19(26)2)29-14-5-15-34(29,30)31;1-17-7-8-19(15-22(17)25-21-6-3-2-5-18(21)11-12-27-25)28-35(32,33)24-10-9-20(16-23(24)26)29-13-4-14-34(29,30)31;1-17-8-9-20(15-22(17)25-26-16-19-6-3-4-7-23(19)27-25)28-35(32,33)24-11-10-21(14-18(24)2)29-12-5-13-34(29,30)31;1-17-3-5-19(15-22(17)24-10-4-18-16-25-12-11-23(18)26-24)27-34(31,32)21-8-6-20(7-9-21)28-13-2-14-33(28,29)30/h3-4,6-13,16-17,28H,5,14-15H2,1-2H3;2-3,5-12,15-16,28H,4,13-14H2,1H3;3-4,6-11,14-16,28H,5,12-13H2,1-2H3;3-12,15-16,27H,2,13-14H2,1H3. The van der Waals surface area contributed by atoms with E-state index >= 15 is 0 Å². The van der Waals surface area contributed by atoms with Gasteiger partial charge in [0.05, 0.1) is 99.1 Å². The molecule has 4 saturated heterocycles. The van der Waals surface area contributed by atoms with Crippen molar-refractivity contribution in [1.82, 2.24) is 29.9 Å². The lowest BCUT2D eigenvalue weighted by Crippen LogP contribution is -2.25. The summed E-state index contributed by atoms with van der Waals surface area (Å²) in [5.74, 6) is 0.885. The summed E-state index contributed by atoms with van der Waals surface area (Å²) in [6.07, 6.45) is 9.10. The van der Waals surface area contributed by atoms with E-state index in [1.165, 1.54) is 77.9 Å². The van der Waals surface area contributed by atoms with Crippen LogP contribution in [0.3, 0.4) is 0 Å². The molecule has 4 fully saturated rings. The van der Waals surface area contributed by atoms with Gasteiger partial charge in [0.2, 0.25) is 40.1 Å². The maximum absolute atomic E-state index is 13.2. The number of nitrogens with zero attached hydrogens (tertiary/aromatic N) is 10. The molecule has 5 aromatic heterocycles. The number of para-hydroxylation sites is 2. The molecule has 20 rings (SSSR count). The monoisotopic (exact) mass is 2040 g/mol. The van der Waals surface area contributed by atoms with Gasteiger partial charge in [-0.2, -0.15) is 0 Å². The number of rotatable bonds is 20. The van der Waals surface area contributed by atoms with E-state index in [0.717, 1.165) is 105 Å². The van der Waals surface area contributed by atoms with Crippen LogP contribution >= 0.6 is 11.6 Å². The van der Waals surface area contributed by atoms with Crippen LogP contribution in [0.4, 0.5) is 45.5 Å². The first kappa shape index (κ1) is 97.1. The molecule has 16 aromatic rings. The summed E-state index contributed by atoms with van der Waals surface area (Å²) >= 11 is 6.32. The zero-order valence-electron chi connectivity index (χ0n) is 75.8. The third-order valence-corrected chi connectivity index (χ3v) is 37.9. The van der Waals surface area contributed by atoms with Crippen LogP contribution < -0.4 is 36.1 Å². The van der Waals surface area contributed by atoms with Gasteiger partial charge in [0.25, 0.3) is 40.1 Å². The molecule has 30 nitrogen and oxygen atoms in total. The molecule has 139 heavy (non-hydrogen) atoms. The average molecular weight is 2040 g/mol. The van der Waals surface area contributed by atoms with Gasteiger partial charge in [-0.25, -0.2) is 87.3 Å². The van der Waals surface area contributed by atoms with Gasteiger partial charge in [0, 0.05) is 118 Å². The van der Waals surface area contributed by atoms with Gasteiger partial charge in [0.15, 0.2) is 5.82 Å². The number of benzene rings is 11. The first-order chi connectivity index (χ1) is 66.2. The van der Waals surface area contributed by atoms with E-state index in [2.05, 4.69) is 38.8 Å². The number of pyridine rings is 4. The van der Waals surface area contributed by atoms with Crippen molar-refractivity contribution in [1.29, 1.82) is 0 Å². The summed E-state index contributed by atoms with van der Waals surface area (Å²) < 4.78 is 219. The van der Waals surface area contributed by atoms with Crippen molar-refractivity contribution in [3.8, 4) is 45.2 Å². The van der Waals surface area contributed by atoms with Crippen molar-refractivity contribution in [2.24, 2.45) is 0 Å². The highest BCUT2D eigenvalue weighted by Crippen LogP contribution is 2.40. The van der Waals surface area contributed by atoms with Gasteiger partial charge in [-0.05, 0) is 276 Å². The van der Waals surface area contributed by atoms with Crippen LogP contribution in [0, 0.1) is 41.5 Å². The van der Waals surface area contributed by atoms with Gasteiger partial charge < -0.3 is 0 Å². The van der Waals surface area contributed by atoms with Crippen LogP contribution in [0.25, 0.3) is 88.6 Å². The van der Waals surface area contributed by atoms with Crippen LogP contribution in [0.15, 0.2) is 305 Å². The van der Waals surface area contributed by atoms with Crippen molar-refractivity contribution in [3.05, 3.63) is 324 Å². The lowest BCUT2D eigenvalue weighted by atomic mass is 10.00. The minimum absolute atomic E-state index is 0.0475. The topological polar surface area (TPSA) is 412 Å². The fraction of sp³-hybridized carbons (Fsp3) is 0.180. The maximum atomic E-state index is 13.2. The lowest BCUT2D eigenvalue weighted by Gasteiger charge is -2.19. The number of aromatic nitrogens is 6. The number of aryl methyl sites for hydroxylation is 6. The Morgan fingerprint density at radius 3 is 1.17 bits per heavy atom. The number of hydrogen-bond donors (Lipinski definition) is 4. The van der Waals surface area contributed by atoms with Crippen LogP contribution in [0.1, 0.15) is 59.1 Å². The number of fused-ring (bicyclic) bond motifs is 4. The summed E-state index contributed by atoms with van der Waals surface area (Å²) in [5, 5.41) is 4.83. The van der Waals surface area contributed by atoms with Gasteiger partial charge in [0.1, 0.15) is 4.90 Å². The Bertz CT molecular complexity index is 8340. The van der Waals surface area contributed by atoms with E-state index < -0.39 is 80.2 Å². The van der Waals surface area contributed by atoms with E-state index in [1.54, 1.807) is 105 Å². The first-order valence-corrected chi connectivity index (χ1v) is 56.7. The Morgan fingerprint density at radius 2 is 0.691 bits per heavy atom. The van der Waals surface area contributed by atoms with Gasteiger partial charge >= 0.3 is 0 Å². The molecule has 0 saturated carbocycles. The highest BCUT2D eigenvalue weighted by atomic mass is 35.5. The second-order valence-electron chi connectivity index (χ2n) is 33.8. The smallest absolute Gasteiger partial charge is 0.263 e. The minimum atomic E-state index is -4.04. The van der Waals surface area contributed by atoms with Crippen LogP contribution in [-0.2, 0) is 80.2 Å². The molecule has 0 bridgehead atoms. The van der Waals surface area contributed by atoms with Gasteiger partial charge in [-0.3, -0.25) is 46.1 Å². The minimum Gasteiger partial charge on any atom is -0.280 e. The Kier molecular flexibility index (Phi) is 27.3. The molecular formula is C100H93ClN14O16S8. The number of nitrogens with one attached hydrogen (secondary N) is 4. The summed E-state index contributed by atoms with van der Waals surface area (Å²) in [6, 6.07) is 75.3. The van der Waals surface area contributed by atoms with E-state index in [-0.39, 0.29) is 47.6 Å². The largest absolute Gasteiger partial charge is 0.280 e. The molecule has 4 aliphatic rings. The highest BCUT2D eigenvalue weighted by Gasteiger charge is 2.35. The van der Waals surface area contributed by atoms with Crippen LogP contribution in [-0.4, -0.2) is 146 Å². The number of halogens is 1. The molecule has 0 unspecified atom stereocenters. The van der Waals surface area contributed by atoms with Crippen LogP contribution in [0.2, 0.25) is 5.02 Å². The number of hydrogen-bond acceptors (Lipinski definition) is 22. The zero-order valence-corrected chi connectivity index (χ0v) is 83.1. The molecule has 4 N–H and O–H groups in total. The second kappa shape index (κ2) is 39.0. The zero-order chi connectivity index (χ0) is 98.3. The molecule has 0 radical (unpaired) electrons. The van der Waals surface area contributed by atoms with E-state index in [1.807, 2.05) is 161 Å². The molecule has 4 aliphatic heterocycles. The molecule has 9 heterocycles. The number of anilines is 8. The van der Waals surface area contributed by atoms with E-state index in [0.29, 0.717) is 114 Å². The summed E-state index contributed by atoms with van der Waals surface area (Å²) in [4.78, 5) is 27.3. The Morgan fingerprint density at radius 1 is 0.309 bits per heavy atom. The molecular weight excluding hydrogens is 1950 g/mol. The van der Waals surface area contributed by atoms with Crippen molar-refractivity contribution in [2.75, 3.05) is 85.3 Å². The summed E-state index contributed by atoms with van der Waals surface area (Å²) in [5.41, 5.74) is 16.0. The van der Waals surface area contributed by atoms with E-state index in [9.17, 15) is 67.3 Å². The average Bonchev–Trinajstić information content (AvgIpc) is 1.68. The van der Waals surface area contributed by atoms with Crippen molar-refractivity contribution >= 4 is 181 Å². The predicted molar refractivity (Wildman–Crippen MR) is 550 cm³/mol. The highest BCUT2D eigenvalue weighted by molar-refractivity contribution is 7.95. The molecule has 0 spiro atoms. The van der Waals surface area contributed by atoms with E-state index in [4.69, 9.17) is 21.6 Å². The van der Waals surface area contributed by atoms with Gasteiger partial charge in [-0.15, -0.1) is 0 Å². The molecule has 714 valence electrons. The number of sulfonamides is 8. The Hall–Kier alpha value is -13.6. The third kappa shape index (κ3) is 21.2. The molecule has 11 aromatic carbocycles. The molecule has 39 heteroatoms. The quantitative estimate of drug-likeness (QED) is 0.0550. The van der Waals surface area contributed by atoms with Crippen molar-refractivity contribution < 1.29 is 67.3 Å². The fourth-order valence-electron chi connectivity index (χ4n) is 17.0. The molecule has 0 aliphatic carbocycles. The Balaban J connectivity index is 0.000000128. The van der Waals surface area contributed by atoms with Crippen molar-refractivity contribution in [3.63, 3.8) is 0 Å². The third-order valence-electron chi connectivity index (χ3n) is 24.1. The van der Waals surface area contributed by atoms with Crippen molar-refractivity contribution in [2.45, 2.75) is 86.8 Å². The van der Waals surface area contributed by atoms with Crippen LogP contribution in [0.5, 0.6) is 0 Å². The summed E-state index contributed by atoms with van der Waals surface area (Å²) in [7, 11) is -29.1.